The molecular formula is C9H10ClN3O. The van der Waals surface area contributed by atoms with Crippen LogP contribution < -0.4 is 16.4 Å². The lowest BCUT2D eigenvalue weighted by Gasteiger charge is -2.05. The molecule has 0 aliphatic rings. The highest BCUT2D eigenvalue weighted by molar-refractivity contribution is 6.33. The minimum atomic E-state index is -0.374. The number of urea groups is 1. The summed E-state index contributed by atoms with van der Waals surface area (Å²) in [6, 6.07) is 4.47. The van der Waals surface area contributed by atoms with Crippen LogP contribution in [0.15, 0.2) is 31.0 Å². The van der Waals surface area contributed by atoms with Crippen molar-refractivity contribution in [2.45, 2.75) is 0 Å². The van der Waals surface area contributed by atoms with Crippen LogP contribution in [-0.4, -0.2) is 6.03 Å². The van der Waals surface area contributed by atoms with Crippen molar-refractivity contribution in [3.05, 3.63) is 36.0 Å². The molecule has 0 aliphatic heterocycles. The molecule has 1 aromatic rings. The fourth-order valence-corrected chi connectivity index (χ4v) is 1.05. The molecule has 0 bridgehead atoms. The Labute approximate surface area is 86.7 Å². The third-order valence-corrected chi connectivity index (χ3v) is 1.82. The third-order valence-electron chi connectivity index (χ3n) is 1.49. The van der Waals surface area contributed by atoms with Gasteiger partial charge in [-0.2, -0.15) is 0 Å². The van der Waals surface area contributed by atoms with Gasteiger partial charge in [0, 0.05) is 5.69 Å². The quantitative estimate of drug-likeness (QED) is 0.657. The zero-order chi connectivity index (χ0) is 10.6. The second-order valence-corrected chi connectivity index (χ2v) is 2.95. The average molecular weight is 212 g/mol. The molecule has 2 amide bonds. The monoisotopic (exact) mass is 211 g/mol. The van der Waals surface area contributed by atoms with E-state index in [0.29, 0.717) is 16.4 Å². The smallest absolute Gasteiger partial charge is 0.323 e. The molecule has 4 nitrogen and oxygen atoms in total. The number of hydrogen-bond donors (Lipinski definition) is 3. The number of amides is 2. The lowest BCUT2D eigenvalue weighted by atomic mass is 10.3. The Morgan fingerprint density at radius 3 is 2.86 bits per heavy atom. The molecule has 0 atom stereocenters. The van der Waals surface area contributed by atoms with Crippen LogP contribution in [0, 0.1) is 0 Å². The Balaban J connectivity index is 2.72. The van der Waals surface area contributed by atoms with Gasteiger partial charge in [-0.1, -0.05) is 18.2 Å². The molecule has 0 radical (unpaired) electrons. The molecule has 0 saturated carbocycles. The predicted octanol–water partition coefficient (Wildman–Crippen LogP) is 2.19. The van der Waals surface area contributed by atoms with Gasteiger partial charge in [-0.3, -0.25) is 0 Å². The predicted molar refractivity (Wildman–Crippen MR) is 58.2 cm³/mol. The van der Waals surface area contributed by atoms with Crippen molar-refractivity contribution in [3.8, 4) is 0 Å². The van der Waals surface area contributed by atoms with E-state index in [0.717, 1.165) is 0 Å². The van der Waals surface area contributed by atoms with Gasteiger partial charge in [0.05, 0.1) is 10.7 Å². The van der Waals surface area contributed by atoms with Crippen molar-refractivity contribution in [2.75, 3.05) is 11.1 Å². The van der Waals surface area contributed by atoms with Crippen LogP contribution in [-0.2, 0) is 0 Å². The average Bonchev–Trinajstić information content (AvgIpc) is 2.12. The summed E-state index contributed by atoms with van der Waals surface area (Å²) in [5.74, 6) is 0. The van der Waals surface area contributed by atoms with Gasteiger partial charge in [-0.15, -0.1) is 0 Å². The van der Waals surface area contributed by atoms with Gasteiger partial charge in [0.2, 0.25) is 0 Å². The Bertz CT molecular complexity index is 365. The van der Waals surface area contributed by atoms with Crippen molar-refractivity contribution in [1.29, 1.82) is 0 Å². The number of rotatable bonds is 2. The molecule has 74 valence electrons. The molecule has 0 aliphatic carbocycles. The fraction of sp³-hybridized carbons (Fsp3) is 0. The van der Waals surface area contributed by atoms with Crippen LogP contribution in [0.5, 0.6) is 0 Å². The van der Waals surface area contributed by atoms with Crippen molar-refractivity contribution in [1.82, 2.24) is 5.32 Å². The lowest BCUT2D eigenvalue weighted by molar-refractivity contribution is 0.255. The number of nitrogen functional groups attached to an aromatic ring is 1. The van der Waals surface area contributed by atoms with Crippen molar-refractivity contribution >= 4 is 29.0 Å². The third kappa shape index (κ3) is 2.67. The molecule has 0 spiro atoms. The van der Waals surface area contributed by atoms with E-state index < -0.39 is 0 Å². The SMILES string of the molecule is C=CNC(=O)Nc1ccc(N)c(Cl)c1. The minimum Gasteiger partial charge on any atom is -0.398 e. The van der Waals surface area contributed by atoms with Gasteiger partial charge in [0.1, 0.15) is 0 Å². The Morgan fingerprint density at radius 2 is 2.29 bits per heavy atom. The summed E-state index contributed by atoms with van der Waals surface area (Å²) in [5.41, 5.74) is 6.55. The molecule has 0 saturated heterocycles. The van der Waals surface area contributed by atoms with Gasteiger partial charge >= 0.3 is 6.03 Å². The zero-order valence-electron chi connectivity index (χ0n) is 7.38. The number of hydrogen-bond acceptors (Lipinski definition) is 2. The maximum atomic E-state index is 11.0. The summed E-state index contributed by atoms with van der Waals surface area (Å²) < 4.78 is 0. The second kappa shape index (κ2) is 4.53. The molecule has 0 heterocycles. The summed E-state index contributed by atoms with van der Waals surface area (Å²) >= 11 is 5.76. The highest BCUT2D eigenvalue weighted by atomic mass is 35.5. The Morgan fingerprint density at radius 1 is 1.57 bits per heavy atom. The van der Waals surface area contributed by atoms with Crippen molar-refractivity contribution < 1.29 is 4.79 Å². The highest BCUT2D eigenvalue weighted by Crippen LogP contribution is 2.22. The highest BCUT2D eigenvalue weighted by Gasteiger charge is 2.01. The van der Waals surface area contributed by atoms with E-state index in [1.807, 2.05) is 0 Å². The van der Waals surface area contributed by atoms with E-state index in [9.17, 15) is 4.79 Å². The lowest BCUT2D eigenvalue weighted by Crippen LogP contribution is -2.23. The molecule has 0 aromatic heterocycles. The van der Waals surface area contributed by atoms with E-state index in [1.165, 1.54) is 6.20 Å². The molecule has 0 fully saturated rings. The Kier molecular flexibility index (Phi) is 3.36. The molecule has 14 heavy (non-hydrogen) atoms. The number of benzene rings is 1. The van der Waals surface area contributed by atoms with Crippen LogP contribution in [0.4, 0.5) is 16.2 Å². The molecule has 4 N–H and O–H groups in total. The number of nitrogens with one attached hydrogen (secondary N) is 2. The molecule has 1 rings (SSSR count). The largest absolute Gasteiger partial charge is 0.398 e. The first kappa shape index (κ1) is 10.4. The first-order valence-corrected chi connectivity index (χ1v) is 4.24. The maximum Gasteiger partial charge on any atom is 0.323 e. The van der Waals surface area contributed by atoms with E-state index in [2.05, 4.69) is 17.2 Å². The first-order chi connectivity index (χ1) is 6.63. The van der Waals surface area contributed by atoms with Crippen LogP contribution in [0.3, 0.4) is 0 Å². The van der Waals surface area contributed by atoms with Gasteiger partial charge in [0.25, 0.3) is 0 Å². The number of carbonyl (C=O) groups is 1. The summed E-state index contributed by atoms with van der Waals surface area (Å²) in [6.45, 7) is 3.36. The Hall–Kier alpha value is -1.68. The number of nitrogens with two attached hydrogens (primary N) is 1. The summed E-state index contributed by atoms with van der Waals surface area (Å²) in [7, 11) is 0. The fourth-order valence-electron chi connectivity index (χ4n) is 0.865. The van der Waals surface area contributed by atoms with Crippen molar-refractivity contribution in [2.24, 2.45) is 0 Å². The first-order valence-electron chi connectivity index (χ1n) is 3.87. The van der Waals surface area contributed by atoms with Crippen LogP contribution in [0.2, 0.25) is 5.02 Å². The van der Waals surface area contributed by atoms with Crippen LogP contribution >= 0.6 is 11.6 Å². The number of carbonyl (C=O) groups excluding carboxylic acids is 1. The number of halogens is 1. The molecule has 5 heteroatoms. The van der Waals surface area contributed by atoms with E-state index in [-0.39, 0.29) is 6.03 Å². The van der Waals surface area contributed by atoms with Crippen molar-refractivity contribution in [3.63, 3.8) is 0 Å². The standard InChI is InChI=1S/C9H10ClN3O/c1-2-12-9(14)13-6-3-4-8(11)7(10)5-6/h2-5H,1,11H2,(H2,12,13,14). The zero-order valence-corrected chi connectivity index (χ0v) is 8.14. The summed E-state index contributed by atoms with van der Waals surface area (Å²) in [4.78, 5) is 11.0. The molecule has 1 aromatic carbocycles. The number of anilines is 2. The van der Waals surface area contributed by atoms with Crippen LogP contribution in [0.1, 0.15) is 0 Å². The van der Waals surface area contributed by atoms with E-state index in [1.54, 1.807) is 18.2 Å². The minimum absolute atomic E-state index is 0.374. The summed E-state index contributed by atoms with van der Waals surface area (Å²) in [6.07, 6.45) is 1.29. The van der Waals surface area contributed by atoms with Gasteiger partial charge in [-0.05, 0) is 24.4 Å². The maximum absolute atomic E-state index is 11.0. The topological polar surface area (TPSA) is 67.2 Å². The van der Waals surface area contributed by atoms with Gasteiger partial charge in [0.15, 0.2) is 0 Å². The van der Waals surface area contributed by atoms with Crippen LogP contribution in [0.25, 0.3) is 0 Å². The summed E-state index contributed by atoms with van der Waals surface area (Å²) in [5, 5.41) is 5.32. The molecule has 0 unspecified atom stereocenters. The van der Waals surface area contributed by atoms with Gasteiger partial charge in [-0.25, -0.2) is 4.79 Å². The second-order valence-electron chi connectivity index (χ2n) is 2.54. The normalized spacial score (nSPS) is 9.21. The molecular weight excluding hydrogens is 202 g/mol. The van der Waals surface area contributed by atoms with E-state index >= 15 is 0 Å². The van der Waals surface area contributed by atoms with Gasteiger partial charge < -0.3 is 16.4 Å². The van der Waals surface area contributed by atoms with E-state index in [4.69, 9.17) is 17.3 Å².